The second-order valence-electron chi connectivity index (χ2n) is 3.60. The summed E-state index contributed by atoms with van der Waals surface area (Å²) < 4.78 is 22.2. The molecule has 0 radical (unpaired) electrons. The average molecular weight is 254 g/mol. The van der Waals surface area contributed by atoms with E-state index < -0.39 is 11.9 Å². The molecule has 0 saturated carbocycles. The van der Waals surface area contributed by atoms with Gasteiger partial charge in [0.2, 0.25) is 0 Å². The van der Waals surface area contributed by atoms with Crippen molar-refractivity contribution in [3.05, 3.63) is 35.6 Å². The minimum absolute atomic E-state index is 0.100. The SMILES string of the molecule is CCOC(=O)COC(=O)CCc1cccc(F)c1. The molecule has 1 aromatic carbocycles. The lowest BCUT2D eigenvalue weighted by Gasteiger charge is -2.04. The normalized spacial score (nSPS) is 9.89. The van der Waals surface area contributed by atoms with Crippen molar-refractivity contribution in [1.29, 1.82) is 0 Å². The minimum atomic E-state index is -0.573. The van der Waals surface area contributed by atoms with Crippen LogP contribution in [0.15, 0.2) is 24.3 Å². The minimum Gasteiger partial charge on any atom is -0.463 e. The molecule has 0 aliphatic rings. The molecular weight excluding hydrogens is 239 g/mol. The third kappa shape index (κ3) is 5.43. The summed E-state index contributed by atoms with van der Waals surface area (Å²) in [4.78, 5) is 22.2. The number of esters is 2. The molecule has 4 nitrogen and oxygen atoms in total. The van der Waals surface area contributed by atoms with Crippen LogP contribution in [0.4, 0.5) is 4.39 Å². The van der Waals surface area contributed by atoms with Crippen LogP contribution < -0.4 is 0 Å². The van der Waals surface area contributed by atoms with Crippen molar-refractivity contribution in [2.24, 2.45) is 0 Å². The molecule has 0 fully saturated rings. The number of ether oxygens (including phenoxy) is 2. The van der Waals surface area contributed by atoms with Crippen LogP contribution in [0.1, 0.15) is 18.9 Å². The number of benzene rings is 1. The quantitative estimate of drug-likeness (QED) is 0.727. The Kier molecular flexibility index (Phi) is 5.84. The van der Waals surface area contributed by atoms with E-state index in [1.54, 1.807) is 19.1 Å². The zero-order valence-electron chi connectivity index (χ0n) is 10.1. The van der Waals surface area contributed by atoms with Crippen LogP contribution in [0.2, 0.25) is 0 Å². The van der Waals surface area contributed by atoms with Crippen LogP contribution in [0.3, 0.4) is 0 Å². The van der Waals surface area contributed by atoms with E-state index in [2.05, 4.69) is 4.74 Å². The number of aryl methyl sites for hydroxylation is 1. The first kappa shape index (κ1) is 14.2. The summed E-state index contributed by atoms with van der Waals surface area (Å²) in [6.45, 7) is 1.54. The van der Waals surface area contributed by atoms with E-state index in [0.29, 0.717) is 12.0 Å². The molecule has 0 N–H and O–H groups in total. The van der Waals surface area contributed by atoms with E-state index in [9.17, 15) is 14.0 Å². The van der Waals surface area contributed by atoms with Gasteiger partial charge in [-0.1, -0.05) is 12.1 Å². The van der Waals surface area contributed by atoms with Gasteiger partial charge in [-0.15, -0.1) is 0 Å². The van der Waals surface area contributed by atoms with Gasteiger partial charge in [-0.05, 0) is 31.0 Å². The molecule has 98 valence electrons. The van der Waals surface area contributed by atoms with E-state index in [1.165, 1.54) is 12.1 Å². The van der Waals surface area contributed by atoms with Crippen molar-refractivity contribution in [2.75, 3.05) is 13.2 Å². The smallest absolute Gasteiger partial charge is 0.344 e. The summed E-state index contributed by atoms with van der Waals surface area (Å²) in [5, 5.41) is 0. The van der Waals surface area contributed by atoms with Gasteiger partial charge < -0.3 is 9.47 Å². The lowest BCUT2D eigenvalue weighted by Crippen LogP contribution is -2.16. The van der Waals surface area contributed by atoms with Crippen LogP contribution in [0.25, 0.3) is 0 Å². The standard InChI is InChI=1S/C13H15FO4/c1-2-17-13(16)9-18-12(15)7-6-10-4-3-5-11(14)8-10/h3-5,8H,2,6-7,9H2,1H3. The van der Waals surface area contributed by atoms with Crippen LogP contribution in [0, 0.1) is 5.82 Å². The summed E-state index contributed by atoms with van der Waals surface area (Å²) in [6, 6.07) is 6.00. The Morgan fingerprint density at radius 1 is 1.22 bits per heavy atom. The maximum absolute atomic E-state index is 12.9. The number of hydrogen-bond donors (Lipinski definition) is 0. The maximum Gasteiger partial charge on any atom is 0.344 e. The molecule has 0 atom stereocenters. The molecule has 0 unspecified atom stereocenters. The fourth-order valence-corrected chi connectivity index (χ4v) is 1.35. The molecule has 0 heterocycles. The Morgan fingerprint density at radius 2 is 2.00 bits per heavy atom. The highest BCUT2D eigenvalue weighted by Gasteiger charge is 2.08. The molecule has 1 rings (SSSR count). The van der Waals surface area contributed by atoms with Gasteiger partial charge >= 0.3 is 11.9 Å². The van der Waals surface area contributed by atoms with Gasteiger partial charge in [-0.3, -0.25) is 4.79 Å². The summed E-state index contributed by atoms with van der Waals surface area (Å²) in [6.07, 6.45) is 0.474. The molecule has 1 aromatic rings. The van der Waals surface area contributed by atoms with Gasteiger partial charge in [-0.25, -0.2) is 9.18 Å². The lowest BCUT2D eigenvalue weighted by atomic mass is 10.1. The van der Waals surface area contributed by atoms with E-state index in [0.717, 1.165) is 0 Å². The van der Waals surface area contributed by atoms with E-state index in [4.69, 9.17) is 4.74 Å². The van der Waals surface area contributed by atoms with Crippen molar-refractivity contribution < 1.29 is 23.5 Å². The van der Waals surface area contributed by atoms with Gasteiger partial charge in [0.1, 0.15) is 5.82 Å². The van der Waals surface area contributed by atoms with Gasteiger partial charge in [-0.2, -0.15) is 0 Å². The molecule has 0 aliphatic heterocycles. The summed E-state index contributed by atoms with van der Waals surface area (Å²) in [5.41, 5.74) is 0.711. The van der Waals surface area contributed by atoms with E-state index in [1.807, 2.05) is 0 Å². The number of carbonyl (C=O) groups excluding carboxylic acids is 2. The maximum atomic E-state index is 12.9. The summed E-state index contributed by atoms with van der Waals surface area (Å²) in [5.74, 6) is -1.42. The van der Waals surface area contributed by atoms with Crippen molar-refractivity contribution in [1.82, 2.24) is 0 Å². The van der Waals surface area contributed by atoms with Crippen molar-refractivity contribution in [2.45, 2.75) is 19.8 Å². The molecule has 0 bridgehead atoms. The van der Waals surface area contributed by atoms with E-state index >= 15 is 0 Å². The predicted molar refractivity (Wildman–Crippen MR) is 62.3 cm³/mol. The first-order valence-corrected chi connectivity index (χ1v) is 5.67. The third-order valence-corrected chi connectivity index (χ3v) is 2.16. The fourth-order valence-electron chi connectivity index (χ4n) is 1.35. The van der Waals surface area contributed by atoms with Crippen molar-refractivity contribution in [3.63, 3.8) is 0 Å². The highest BCUT2D eigenvalue weighted by molar-refractivity contribution is 5.76. The van der Waals surface area contributed by atoms with Gasteiger partial charge in [0.15, 0.2) is 6.61 Å². The molecule has 0 saturated heterocycles. The first-order chi connectivity index (χ1) is 8.61. The highest BCUT2D eigenvalue weighted by atomic mass is 19.1. The van der Waals surface area contributed by atoms with Crippen LogP contribution >= 0.6 is 0 Å². The Hall–Kier alpha value is -1.91. The fraction of sp³-hybridized carbons (Fsp3) is 0.385. The summed E-state index contributed by atoms with van der Waals surface area (Å²) in [7, 11) is 0. The molecule has 0 amide bonds. The Morgan fingerprint density at radius 3 is 2.67 bits per heavy atom. The van der Waals surface area contributed by atoms with E-state index in [-0.39, 0.29) is 25.5 Å². The van der Waals surface area contributed by atoms with Crippen molar-refractivity contribution >= 4 is 11.9 Å². The zero-order chi connectivity index (χ0) is 13.4. The molecule has 18 heavy (non-hydrogen) atoms. The second kappa shape index (κ2) is 7.42. The molecular formula is C13H15FO4. The van der Waals surface area contributed by atoms with Gasteiger partial charge in [0.25, 0.3) is 0 Å². The van der Waals surface area contributed by atoms with Gasteiger partial charge in [0, 0.05) is 6.42 Å². The average Bonchev–Trinajstić information content (AvgIpc) is 2.34. The monoisotopic (exact) mass is 254 g/mol. The van der Waals surface area contributed by atoms with Crippen LogP contribution in [-0.2, 0) is 25.5 Å². The first-order valence-electron chi connectivity index (χ1n) is 5.67. The third-order valence-electron chi connectivity index (χ3n) is 2.16. The topological polar surface area (TPSA) is 52.6 Å². The molecule has 0 spiro atoms. The Balaban J connectivity index is 2.27. The number of carbonyl (C=O) groups is 2. The van der Waals surface area contributed by atoms with Crippen LogP contribution in [-0.4, -0.2) is 25.2 Å². The molecule has 5 heteroatoms. The highest BCUT2D eigenvalue weighted by Crippen LogP contribution is 2.06. The molecule has 0 aliphatic carbocycles. The predicted octanol–water partition coefficient (Wildman–Crippen LogP) is 1.86. The number of halogens is 1. The number of hydrogen-bond acceptors (Lipinski definition) is 4. The lowest BCUT2D eigenvalue weighted by molar-refractivity contribution is -0.158. The largest absolute Gasteiger partial charge is 0.463 e. The Labute approximate surface area is 105 Å². The van der Waals surface area contributed by atoms with Gasteiger partial charge in [0.05, 0.1) is 6.61 Å². The Bertz CT molecular complexity index is 417. The number of rotatable bonds is 6. The van der Waals surface area contributed by atoms with Crippen molar-refractivity contribution in [3.8, 4) is 0 Å². The zero-order valence-corrected chi connectivity index (χ0v) is 10.1. The summed E-state index contributed by atoms with van der Waals surface area (Å²) >= 11 is 0. The molecule has 0 aromatic heterocycles. The second-order valence-corrected chi connectivity index (χ2v) is 3.60. The van der Waals surface area contributed by atoms with Crippen LogP contribution in [0.5, 0.6) is 0 Å².